The van der Waals surface area contributed by atoms with Crippen LogP contribution in [0.25, 0.3) is 11.1 Å². The first-order valence-corrected chi connectivity index (χ1v) is 12.9. The van der Waals surface area contributed by atoms with Gasteiger partial charge in [-0.15, -0.1) is 0 Å². The Labute approximate surface area is 208 Å². The van der Waals surface area contributed by atoms with Gasteiger partial charge in [0.1, 0.15) is 0 Å². The predicted molar refractivity (Wildman–Crippen MR) is 140 cm³/mol. The molecule has 5 rings (SSSR count). The minimum Gasteiger partial charge on any atom is -0.376 e. The van der Waals surface area contributed by atoms with E-state index >= 15 is 0 Å². The maximum atomic E-state index is 12.4. The fourth-order valence-electron chi connectivity index (χ4n) is 5.68. The summed E-state index contributed by atoms with van der Waals surface area (Å²) < 4.78 is 8.02. The number of allylic oxidation sites excluding steroid dienone is 3. The van der Waals surface area contributed by atoms with E-state index in [9.17, 15) is 4.79 Å². The molecule has 0 saturated carbocycles. The molecule has 4 heterocycles. The van der Waals surface area contributed by atoms with Crippen molar-refractivity contribution >= 4 is 22.8 Å². The van der Waals surface area contributed by atoms with Gasteiger partial charge in [0.2, 0.25) is 0 Å². The second kappa shape index (κ2) is 10.0. The largest absolute Gasteiger partial charge is 0.376 e. The molecular formula is C27H38N6O2. The highest BCUT2D eigenvalue weighted by Gasteiger charge is 2.39. The molecule has 2 aliphatic heterocycles. The predicted octanol–water partition coefficient (Wildman–Crippen LogP) is 3.30. The SMILES string of the molecule is CO[C@@]1(C2C=CC(c3cc4c(N5CCN(C(=O)NC(C)C)CC5)ccnn4c3)=CC2)CCCNC1. The Morgan fingerprint density at radius 3 is 2.77 bits per heavy atom. The van der Waals surface area contributed by atoms with Gasteiger partial charge in [-0.2, -0.15) is 5.10 Å². The van der Waals surface area contributed by atoms with Crippen molar-refractivity contribution in [3.05, 3.63) is 48.3 Å². The Morgan fingerprint density at radius 2 is 2.11 bits per heavy atom. The molecule has 2 aromatic heterocycles. The number of piperazine rings is 1. The first kappa shape index (κ1) is 23.9. The normalized spacial score (nSPS) is 25.3. The molecule has 3 aliphatic rings. The lowest BCUT2D eigenvalue weighted by Crippen LogP contribution is -2.53. The number of hydrogen-bond donors (Lipinski definition) is 2. The van der Waals surface area contributed by atoms with Crippen molar-refractivity contribution in [2.75, 3.05) is 51.3 Å². The molecule has 2 fully saturated rings. The molecule has 8 heteroatoms. The zero-order chi connectivity index (χ0) is 24.4. The number of rotatable bonds is 5. The topological polar surface area (TPSA) is 74.1 Å². The number of urea groups is 1. The Hall–Kier alpha value is -2.84. The lowest BCUT2D eigenvalue weighted by molar-refractivity contribution is -0.0594. The molecule has 0 radical (unpaired) electrons. The van der Waals surface area contributed by atoms with Gasteiger partial charge in [-0.25, -0.2) is 9.31 Å². The van der Waals surface area contributed by atoms with E-state index in [1.807, 2.05) is 36.6 Å². The van der Waals surface area contributed by atoms with E-state index in [2.05, 4.69) is 57.2 Å². The van der Waals surface area contributed by atoms with Gasteiger partial charge < -0.3 is 25.2 Å². The number of nitrogens with one attached hydrogen (secondary N) is 2. The van der Waals surface area contributed by atoms with Crippen LogP contribution in [-0.2, 0) is 4.74 Å². The molecule has 188 valence electrons. The third-order valence-electron chi connectivity index (χ3n) is 7.70. The first-order chi connectivity index (χ1) is 17.0. The summed E-state index contributed by atoms with van der Waals surface area (Å²) in [6.07, 6.45) is 14.2. The van der Waals surface area contributed by atoms with E-state index in [1.165, 1.54) is 16.8 Å². The first-order valence-electron chi connectivity index (χ1n) is 12.9. The highest BCUT2D eigenvalue weighted by atomic mass is 16.5. The molecule has 1 unspecified atom stereocenters. The van der Waals surface area contributed by atoms with Gasteiger partial charge in [0, 0.05) is 69.8 Å². The molecule has 2 saturated heterocycles. The van der Waals surface area contributed by atoms with Gasteiger partial charge in [0.25, 0.3) is 0 Å². The Bertz CT molecular complexity index is 1110. The number of anilines is 1. The maximum Gasteiger partial charge on any atom is 0.317 e. The van der Waals surface area contributed by atoms with Gasteiger partial charge in [-0.1, -0.05) is 18.2 Å². The number of nitrogens with zero attached hydrogens (tertiary/aromatic N) is 4. The van der Waals surface area contributed by atoms with Crippen LogP contribution in [0, 0.1) is 5.92 Å². The van der Waals surface area contributed by atoms with Gasteiger partial charge in [0.15, 0.2) is 0 Å². The molecule has 0 aromatic carbocycles. The van der Waals surface area contributed by atoms with Crippen LogP contribution in [0.3, 0.4) is 0 Å². The molecule has 2 atom stereocenters. The van der Waals surface area contributed by atoms with E-state index in [-0.39, 0.29) is 17.7 Å². The molecule has 0 bridgehead atoms. The quantitative estimate of drug-likeness (QED) is 0.690. The number of piperidine rings is 1. The Balaban J connectivity index is 1.30. The summed E-state index contributed by atoms with van der Waals surface area (Å²) in [6, 6.07) is 4.50. The smallest absolute Gasteiger partial charge is 0.317 e. The van der Waals surface area contributed by atoms with E-state index < -0.39 is 0 Å². The van der Waals surface area contributed by atoms with Crippen LogP contribution in [0.4, 0.5) is 10.5 Å². The Morgan fingerprint density at radius 1 is 1.29 bits per heavy atom. The van der Waals surface area contributed by atoms with Crippen molar-refractivity contribution < 1.29 is 9.53 Å². The zero-order valence-electron chi connectivity index (χ0n) is 21.2. The molecule has 0 spiro atoms. The summed E-state index contributed by atoms with van der Waals surface area (Å²) in [5.41, 5.74) is 4.58. The monoisotopic (exact) mass is 478 g/mol. The summed E-state index contributed by atoms with van der Waals surface area (Å²) in [5.74, 6) is 0.388. The minimum absolute atomic E-state index is 0.0260. The fraction of sp³-hybridized carbons (Fsp3) is 0.556. The van der Waals surface area contributed by atoms with Crippen molar-refractivity contribution in [3.63, 3.8) is 0 Å². The lowest BCUT2D eigenvalue weighted by atomic mass is 9.76. The van der Waals surface area contributed by atoms with Crippen LogP contribution in [0.15, 0.2) is 42.8 Å². The van der Waals surface area contributed by atoms with Crippen LogP contribution >= 0.6 is 0 Å². The number of carbonyl (C=O) groups excluding carboxylic acids is 1. The van der Waals surface area contributed by atoms with Crippen LogP contribution in [0.1, 0.15) is 38.7 Å². The average Bonchev–Trinajstić information content (AvgIpc) is 3.33. The number of carbonyl (C=O) groups is 1. The highest BCUT2D eigenvalue weighted by Crippen LogP contribution is 2.37. The number of amides is 2. The van der Waals surface area contributed by atoms with E-state index in [0.29, 0.717) is 19.0 Å². The summed E-state index contributed by atoms with van der Waals surface area (Å²) in [4.78, 5) is 16.6. The van der Waals surface area contributed by atoms with Crippen molar-refractivity contribution in [2.45, 2.75) is 44.8 Å². The third-order valence-corrected chi connectivity index (χ3v) is 7.70. The van der Waals surface area contributed by atoms with Crippen LogP contribution in [0.5, 0.6) is 0 Å². The summed E-state index contributed by atoms with van der Waals surface area (Å²) >= 11 is 0. The van der Waals surface area contributed by atoms with Gasteiger partial charge in [-0.05, 0) is 57.4 Å². The average molecular weight is 479 g/mol. The second-order valence-corrected chi connectivity index (χ2v) is 10.3. The summed E-state index contributed by atoms with van der Waals surface area (Å²) in [6.45, 7) is 9.02. The number of ether oxygens (including phenoxy) is 1. The van der Waals surface area contributed by atoms with Crippen molar-refractivity contribution in [1.29, 1.82) is 0 Å². The molecule has 2 N–H and O–H groups in total. The molecule has 2 amide bonds. The maximum absolute atomic E-state index is 12.4. The zero-order valence-corrected chi connectivity index (χ0v) is 21.2. The summed E-state index contributed by atoms with van der Waals surface area (Å²) in [7, 11) is 1.85. The van der Waals surface area contributed by atoms with Gasteiger partial charge in [0.05, 0.1) is 16.8 Å². The van der Waals surface area contributed by atoms with Crippen molar-refractivity contribution in [1.82, 2.24) is 25.1 Å². The van der Waals surface area contributed by atoms with E-state index in [4.69, 9.17) is 4.74 Å². The van der Waals surface area contributed by atoms with Gasteiger partial charge >= 0.3 is 6.03 Å². The van der Waals surface area contributed by atoms with Crippen molar-refractivity contribution in [2.24, 2.45) is 5.92 Å². The third kappa shape index (κ3) is 4.82. The second-order valence-electron chi connectivity index (χ2n) is 10.3. The molecule has 35 heavy (non-hydrogen) atoms. The van der Waals surface area contributed by atoms with E-state index in [0.717, 1.165) is 51.0 Å². The molecule has 8 nitrogen and oxygen atoms in total. The highest BCUT2D eigenvalue weighted by molar-refractivity contribution is 5.82. The summed E-state index contributed by atoms with van der Waals surface area (Å²) in [5, 5.41) is 11.1. The molecular weight excluding hydrogens is 440 g/mol. The standard InChI is InChI=1S/C27H38N6O2/c1-20(2)30-26(34)32-15-13-31(14-16-32)24-9-12-29-33-18-22(17-25(24)33)21-5-7-23(8-6-21)27(35-3)10-4-11-28-19-27/h5-7,9,12,17-18,20,23,28H,4,8,10-11,13-16,19H2,1-3H3,(H,30,34)/t23?,27-/m0/s1. The van der Waals surface area contributed by atoms with E-state index in [1.54, 1.807) is 0 Å². The van der Waals surface area contributed by atoms with Crippen molar-refractivity contribution in [3.8, 4) is 0 Å². The number of aromatic nitrogens is 2. The Kier molecular flexibility index (Phi) is 6.84. The fourth-order valence-corrected chi connectivity index (χ4v) is 5.68. The van der Waals surface area contributed by atoms with Gasteiger partial charge in [-0.3, -0.25) is 0 Å². The van der Waals surface area contributed by atoms with Crippen LogP contribution < -0.4 is 15.5 Å². The number of hydrogen-bond acceptors (Lipinski definition) is 5. The number of methoxy groups -OCH3 is 1. The van der Waals surface area contributed by atoms with Crippen LogP contribution in [0.2, 0.25) is 0 Å². The minimum atomic E-state index is -0.106. The number of fused-ring (bicyclic) bond motifs is 1. The van der Waals surface area contributed by atoms with Crippen LogP contribution in [-0.4, -0.2) is 78.6 Å². The molecule has 2 aromatic rings. The lowest BCUT2D eigenvalue weighted by Gasteiger charge is -2.42. The molecule has 1 aliphatic carbocycles.